The number of anilines is 1. The van der Waals surface area contributed by atoms with E-state index in [2.05, 4.69) is 5.32 Å². The number of carbonyl (C=O) groups excluding carboxylic acids is 1. The molecule has 2 atom stereocenters. The third-order valence-electron chi connectivity index (χ3n) is 6.47. The number of likely N-dealkylation sites (tertiary alicyclic amines) is 1. The lowest BCUT2D eigenvalue weighted by Gasteiger charge is -2.27. The summed E-state index contributed by atoms with van der Waals surface area (Å²) < 4.78 is 80.4. The molecular weight excluding hydrogens is 508 g/mol. The van der Waals surface area contributed by atoms with Crippen LogP contribution in [0, 0.1) is 11.3 Å². The zero-order valence-corrected chi connectivity index (χ0v) is 18.4. The van der Waals surface area contributed by atoms with Gasteiger partial charge in [0.05, 0.1) is 40.5 Å². The number of amides is 2. The molecule has 0 saturated carbocycles. The Morgan fingerprint density at radius 3 is 2.32 bits per heavy atom. The maximum absolute atomic E-state index is 13.4. The summed E-state index contributed by atoms with van der Waals surface area (Å²) in [5.74, 6) is -0.651. The van der Waals surface area contributed by atoms with Crippen LogP contribution in [0.5, 0.6) is 5.88 Å². The maximum atomic E-state index is 13.4. The van der Waals surface area contributed by atoms with E-state index >= 15 is 0 Å². The van der Waals surface area contributed by atoms with Gasteiger partial charge in [0.15, 0.2) is 0 Å². The number of fused-ring (bicyclic) bond motifs is 5. The topological polar surface area (TPSA) is 103 Å². The fourth-order valence-corrected chi connectivity index (χ4v) is 4.84. The number of aromatic hydroxyl groups is 1. The minimum absolute atomic E-state index is 0.0294. The Hall–Kier alpha value is -4.41. The van der Waals surface area contributed by atoms with Crippen LogP contribution in [0.1, 0.15) is 40.9 Å². The largest absolute Gasteiger partial charge is 0.493 e. The van der Waals surface area contributed by atoms with E-state index in [1.165, 1.54) is 15.5 Å². The number of hydrogen-bond donors (Lipinski definition) is 2. The Balaban J connectivity index is 1.45. The SMILES string of the molecule is N#Cc1ccc(-n2c(O)c3n(c2=O)[C@H]2C[C@@H]3N(C(=O)Nc3ccc(C(F)(F)F)cc3)C2)cc1C(F)(F)F. The molecule has 1 fully saturated rings. The first kappa shape index (κ1) is 24.3. The average Bonchev–Trinajstić information content (AvgIpc) is 3.49. The maximum Gasteiger partial charge on any atom is 0.417 e. The summed E-state index contributed by atoms with van der Waals surface area (Å²) >= 11 is 0. The molecule has 2 aromatic carbocycles. The Kier molecular flexibility index (Phi) is 5.29. The van der Waals surface area contributed by atoms with Crippen LogP contribution in [0.2, 0.25) is 0 Å². The van der Waals surface area contributed by atoms with Crippen LogP contribution >= 0.6 is 0 Å². The van der Waals surface area contributed by atoms with E-state index in [1.54, 1.807) is 0 Å². The number of urea groups is 1. The van der Waals surface area contributed by atoms with E-state index in [4.69, 9.17) is 5.26 Å². The Labute approximate surface area is 203 Å². The highest BCUT2D eigenvalue weighted by Gasteiger charge is 2.49. The third-order valence-corrected chi connectivity index (χ3v) is 6.47. The molecule has 37 heavy (non-hydrogen) atoms. The van der Waals surface area contributed by atoms with Gasteiger partial charge in [-0.2, -0.15) is 31.6 Å². The molecule has 3 aromatic rings. The highest BCUT2D eigenvalue weighted by molar-refractivity contribution is 5.90. The lowest BCUT2D eigenvalue weighted by molar-refractivity contribution is -0.138. The molecular formula is C23H15F6N5O3. The first-order chi connectivity index (χ1) is 17.3. The molecule has 5 rings (SSSR count). The van der Waals surface area contributed by atoms with E-state index in [9.17, 15) is 41.0 Å². The minimum Gasteiger partial charge on any atom is -0.493 e. The molecule has 1 saturated heterocycles. The number of rotatable bonds is 2. The van der Waals surface area contributed by atoms with Crippen molar-refractivity contribution in [1.29, 1.82) is 5.26 Å². The van der Waals surface area contributed by atoms with Gasteiger partial charge in [0, 0.05) is 12.2 Å². The van der Waals surface area contributed by atoms with Crippen LogP contribution in [0.3, 0.4) is 0 Å². The fraction of sp³-hybridized carbons (Fsp3) is 0.261. The molecule has 2 bridgehead atoms. The highest BCUT2D eigenvalue weighted by atomic mass is 19.4. The number of benzene rings is 2. The zero-order chi connectivity index (χ0) is 26.9. The van der Waals surface area contributed by atoms with Crippen LogP contribution in [0.15, 0.2) is 47.3 Å². The fourth-order valence-electron chi connectivity index (χ4n) is 4.84. The second-order valence-corrected chi connectivity index (χ2v) is 8.60. The number of alkyl halides is 6. The van der Waals surface area contributed by atoms with Crippen molar-refractivity contribution in [2.45, 2.75) is 30.9 Å². The molecule has 3 heterocycles. The second kappa shape index (κ2) is 8.05. The van der Waals surface area contributed by atoms with Crippen molar-refractivity contribution < 1.29 is 36.2 Å². The smallest absolute Gasteiger partial charge is 0.417 e. The lowest BCUT2D eigenvalue weighted by Crippen LogP contribution is -2.40. The van der Waals surface area contributed by atoms with Gasteiger partial charge in [0.25, 0.3) is 0 Å². The molecule has 0 radical (unpaired) electrons. The monoisotopic (exact) mass is 523 g/mol. The first-order valence-electron chi connectivity index (χ1n) is 10.7. The molecule has 2 N–H and O–H groups in total. The average molecular weight is 523 g/mol. The second-order valence-electron chi connectivity index (χ2n) is 8.60. The summed E-state index contributed by atoms with van der Waals surface area (Å²) in [7, 11) is 0. The number of halogens is 6. The predicted molar refractivity (Wildman–Crippen MR) is 115 cm³/mol. The molecule has 14 heteroatoms. The summed E-state index contributed by atoms with van der Waals surface area (Å²) in [6.45, 7) is 0.0364. The van der Waals surface area contributed by atoms with Crippen molar-refractivity contribution in [3.63, 3.8) is 0 Å². The van der Waals surface area contributed by atoms with Crippen LogP contribution in [0.25, 0.3) is 5.69 Å². The molecule has 192 valence electrons. The van der Waals surface area contributed by atoms with Crippen molar-refractivity contribution in [1.82, 2.24) is 14.0 Å². The number of carbonyl (C=O) groups is 1. The number of nitrogens with zero attached hydrogens (tertiary/aromatic N) is 4. The molecule has 2 aliphatic rings. The predicted octanol–water partition coefficient (Wildman–Crippen LogP) is 4.79. The van der Waals surface area contributed by atoms with Gasteiger partial charge >= 0.3 is 24.1 Å². The Morgan fingerprint density at radius 2 is 1.73 bits per heavy atom. The Morgan fingerprint density at radius 1 is 1.05 bits per heavy atom. The standard InChI is InChI=1S/C23H15F6N5O3/c24-22(25,26)12-2-4-13(5-3-12)31-20(36)32-10-15-8-17(32)18-19(35)34(21(37)33(15)18)14-6-1-11(9-30)16(7-14)23(27,28)29/h1-7,15,17,35H,8,10H2,(H,31,36)/t15-,17-/m0/s1. The van der Waals surface area contributed by atoms with Gasteiger partial charge in [-0.25, -0.2) is 14.2 Å². The first-order valence-corrected chi connectivity index (χ1v) is 10.7. The van der Waals surface area contributed by atoms with Gasteiger partial charge in [-0.15, -0.1) is 0 Å². The van der Waals surface area contributed by atoms with E-state index in [1.807, 2.05) is 0 Å². The van der Waals surface area contributed by atoms with Crippen molar-refractivity contribution in [3.05, 3.63) is 75.3 Å². The van der Waals surface area contributed by atoms with Crippen molar-refractivity contribution in [2.75, 3.05) is 11.9 Å². The van der Waals surface area contributed by atoms with Gasteiger partial charge in [-0.05, 0) is 48.9 Å². The van der Waals surface area contributed by atoms with Crippen LogP contribution in [0.4, 0.5) is 36.8 Å². The van der Waals surface area contributed by atoms with Crippen molar-refractivity contribution >= 4 is 11.7 Å². The molecule has 0 spiro atoms. The number of aromatic nitrogens is 2. The third kappa shape index (κ3) is 3.87. The molecule has 1 aromatic heterocycles. The molecule has 0 unspecified atom stereocenters. The van der Waals surface area contributed by atoms with E-state index < -0.39 is 58.7 Å². The number of nitriles is 1. The van der Waals surface area contributed by atoms with Gasteiger partial charge in [0.2, 0.25) is 5.88 Å². The summed E-state index contributed by atoms with van der Waals surface area (Å²) in [6, 6.07) is 5.76. The van der Waals surface area contributed by atoms with Gasteiger partial charge in [-0.3, -0.25) is 4.57 Å². The minimum atomic E-state index is -4.88. The summed E-state index contributed by atoms with van der Waals surface area (Å²) in [4.78, 5) is 27.2. The van der Waals surface area contributed by atoms with E-state index in [-0.39, 0.29) is 30.0 Å². The van der Waals surface area contributed by atoms with E-state index in [0.29, 0.717) is 10.6 Å². The van der Waals surface area contributed by atoms with Gasteiger partial charge < -0.3 is 15.3 Å². The zero-order valence-electron chi connectivity index (χ0n) is 18.4. The normalized spacial score (nSPS) is 18.6. The van der Waals surface area contributed by atoms with Crippen molar-refractivity contribution in [2.24, 2.45) is 0 Å². The van der Waals surface area contributed by atoms with Crippen LogP contribution in [-0.2, 0) is 12.4 Å². The van der Waals surface area contributed by atoms with E-state index in [0.717, 1.165) is 36.4 Å². The van der Waals surface area contributed by atoms with Crippen LogP contribution in [-0.4, -0.2) is 31.7 Å². The number of imidazole rings is 1. The molecule has 2 aliphatic heterocycles. The molecule has 0 aliphatic carbocycles. The Bertz CT molecular complexity index is 1510. The highest BCUT2D eigenvalue weighted by Crippen LogP contribution is 2.49. The lowest BCUT2D eigenvalue weighted by atomic mass is 10.1. The summed E-state index contributed by atoms with van der Waals surface area (Å²) in [5, 5.41) is 22.3. The van der Waals surface area contributed by atoms with Crippen molar-refractivity contribution in [3.8, 4) is 17.6 Å². The number of nitrogens with one attached hydrogen (secondary N) is 1. The molecule has 2 amide bonds. The summed E-state index contributed by atoms with van der Waals surface area (Å²) in [6.07, 6.45) is -9.16. The van der Waals surface area contributed by atoms with Gasteiger partial charge in [-0.1, -0.05) is 0 Å². The van der Waals surface area contributed by atoms with Gasteiger partial charge in [0.1, 0.15) is 5.69 Å². The number of hydrogen-bond acceptors (Lipinski definition) is 4. The molecule has 8 nitrogen and oxygen atoms in total. The van der Waals surface area contributed by atoms with Crippen LogP contribution < -0.4 is 11.0 Å². The summed E-state index contributed by atoms with van der Waals surface area (Å²) in [5.41, 5.74) is -3.81. The quantitative estimate of drug-likeness (QED) is 0.472.